The minimum absolute atomic E-state index is 0.152. The number of carbonyl (C=O) groups excluding carboxylic acids is 1. The number of rotatable bonds is 2. The summed E-state index contributed by atoms with van der Waals surface area (Å²) in [6, 6.07) is 8.41. The Balaban J connectivity index is 2.01. The van der Waals surface area contributed by atoms with Crippen molar-refractivity contribution in [1.29, 1.82) is 0 Å². The van der Waals surface area contributed by atoms with Crippen LogP contribution in [0.15, 0.2) is 48.9 Å². The van der Waals surface area contributed by atoms with Crippen molar-refractivity contribution < 1.29 is 9.90 Å². The highest BCUT2D eigenvalue weighted by atomic mass is 16.3. The van der Waals surface area contributed by atoms with E-state index >= 15 is 0 Å². The van der Waals surface area contributed by atoms with Gasteiger partial charge in [0.25, 0.3) is 5.91 Å². The summed E-state index contributed by atoms with van der Waals surface area (Å²) < 4.78 is 0. The first-order valence-electron chi connectivity index (χ1n) is 6.24. The van der Waals surface area contributed by atoms with Gasteiger partial charge >= 0.3 is 0 Å². The SMILES string of the molecule is Nc1ccc(NC(=O)c2ccncc2O)c2cccnc12. The quantitative estimate of drug-likeness (QED) is 0.624. The Labute approximate surface area is 120 Å². The number of aromatic hydroxyl groups is 1. The molecule has 0 bridgehead atoms. The highest BCUT2D eigenvalue weighted by molar-refractivity contribution is 6.11. The zero-order chi connectivity index (χ0) is 14.8. The van der Waals surface area contributed by atoms with Crippen LogP contribution in [0.1, 0.15) is 10.4 Å². The van der Waals surface area contributed by atoms with Crippen molar-refractivity contribution in [2.75, 3.05) is 11.1 Å². The Bertz CT molecular complexity index is 833. The number of hydrogen-bond donors (Lipinski definition) is 3. The number of pyridine rings is 2. The summed E-state index contributed by atoms with van der Waals surface area (Å²) in [6.07, 6.45) is 4.30. The lowest BCUT2D eigenvalue weighted by atomic mass is 10.1. The molecule has 104 valence electrons. The van der Waals surface area contributed by atoms with Gasteiger partial charge in [-0.25, -0.2) is 0 Å². The fourth-order valence-electron chi connectivity index (χ4n) is 2.07. The molecule has 0 atom stereocenters. The molecule has 0 aliphatic carbocycles. The first kappa shape index (κ1) is 12.9. The maximum Gasteiger partial charge on any atom is 0.259 e. The van der Waals surface area contributed by atoms with E-state index < -0.39 is 5.91 Å². The number of nitrogens with one attached hydrogen (secondary N) is 1. The first-order valence-corrected chi connectivity index (χ1v) is 6.24. The molecule has 3 aromatic rings. The molecule has 21 heavy (non-hydrogen) atoms. The maximum absolute atomic E-state index is 12.2. The van der Waals surface area contributed by atoms with Gasteiger partial charge in [-0.05, 0) is 30.3 Å². The molecule has 4 N–H and O–H groups in total. The Morgan fingerprint density at radius 1 is 1.19 bits per heavy atom. The summed E-state index contributed by atoms with van der Waals surface area (Å²) in [6.45, 7) is 0. The van der Waals surface area contributed by atoms with Gasteiger partial charge in [0.1, 0.15) is 5.75 Å². The van der Waals surface area contributed by atoms with Crippen LogP contribution in [-0.2, 0) is 0 Å². The van der Waals surface area contributed by atoms with E-state index in [0.717, 1.165) is 5.39 Å². The molecule has 0 unspecified atom stereocenters. The molecule has 2 aromatic heterocycles. The summed E-state index contributed by atoms with van der Waals surface area (Å²) in [5, 5.41) is 13.1. The molecule has 6 heteroatoms. The van der Waals surface area contributed by atoms with Gasteiger partial charge in [0.15, 0.2) is 0 Å². The standard InChI is InChI=1S/C15H12N4O2/c16-11-3-4-12(9-2-1-6-18-14(9)11)19-15(21)10-5-7-17-8-13(10)20/h1-8,20H,16H2,(H,19,21). The normalized spacial score (nSPS) is 10.5. The van der Waals surface area contributed by atoms with Crippen molar-refractivity contribution in [3.05, 3.63) is 54.5 Å². The van der Waals surface area contributed by atoms with Crippen LogP contribution in [0.4, 0.5) is 11.4 Å². The molecule has 2 heterocycles. The summed E-state index contributed by atoms with van der Waals surface area (Å²) in [4.78, 5) is 20.2. The number of nitrogen functional groups attached to an aromatic ring is 1. The maximum atomic E-state index is 12.2. The molecule has 3 rings (SSSR count). The number of nitrogens with zero attached hydrogens (tertiary/aromatic N) is 2. The number of fused-ring (bicyclic) bond motifs is 1. The van der Waals surface area contributed by atoms with E-state index in [4.69, 9.17) is 5.73 Å². The highest BCUT2D eigenvalue weighted by Gasteiger charge is 2.13. The summed E-state index contributed by atoms with van der Waals surface area (Å²) >= 11 is 0. The molecular weight excluding hydrogens is 268 g/mol. The van der Waals surface area contributed by atoms with Gasteiger partial charge in [-0.2, -0.15) is 0 Å². The van der Waals surface area contributed by atoms with Crippen molar-refractivity contribution in [3.63, 3.8) is 0 Å². The summed E-state index contributed by atoms with van der Waals surface area (Å²) in [7, 11) is 0. The second-order valence-corrected chi connectivity index (χ2v) is 4.45. The Morgan fingerprint density at radius 3 is 2.86 bits per heavy atom. The van der Waals surface area contributed by atoms with E-state index in [-0.39, 0.29) is 11.3 Å². The highest BCUT2D eigenvalue weighted by Crippen LogP contribution is 2.27. The topological polar surface area (TPSA) is 101 Å². The lowest BCUT2D eigenvalue weighted by molar-refractivity contribution is 0.102. The van der Waals surface area contributed by atoms with Crippen molar-refractivity contribution in [2.45, 2.75) is 0 Å². The molecule has 0 fully saturated rings. The van der Waals surface area contributed by atoms with Crippen LogP contribution in [0.2, 0.25) is 0 Å². The third-order valence-corrected chi connectivity index (χ3v) is 3.09. The second-order valence-electron chi connectivity index (χ2n) is 4.45. The van der Waals surface area contributed by atoms with Gasteiger partial charge in [0, 0.05) is 17.8 Å². The number of benzene rings is 1. The molecule has 0 radical (unpaired) electrons. The molecule has 0 spiro atoms. The zero-order valence-corrected chi connectivity index (χ0v) is 10.9. The minimum atomic E-state index is -0.426. The van der Waals surface area contributed by atoms with Crippen LogP contribution in [0, 0.1) is 0 Å². The predicted octanol–water partition coefficient (Wildman–Crippen LogP) is 2.17. The van der Waals surface area contributed by atoms with Crippen LogP contribution in [0.5, 0.6) is 5.75 Å². The van der Waals surface area contributed by atoms with Gasteiger partial charge < -0.3 is 16.2 Å². The molecule has 6 nitrogen and oxygen atoms in total. The molecule has 1 amide bonds. The van der Waals surface area contributed by atoms with Crippen molar-refractivity contribution in [1.82, 2.24) is 9.97 Å². The van der Waals surface area contributed by atoms with E-state index in [0.29, 0.717) is 16.9 Å². The number of hydrogen-bond acceptors (Lipinski definition) is 5. The van der Waals surface area contributed by atoms with Crippen molar-refractivity contribution in [2.24, 2.45) is 0 Å². The number of anilines is 2. The Hall–Kier alpha value is -3.15. The van der Waals surface area contributed by atoms with Crippen LogP contribution < -0.4 is 11.1 Å². The van der Waals surface area contributed by atoms with E-state index in [2.05, 4.69) is 15.3 Å². The van der Waals surface area contributed by atoms with E-state index in [1.165, 1.54) is 18.5 Å². The van der Waals surface area contributed by atoms with E-state index in [1.807, 2.05) is 6.07 Å². The average molecular weight is 280 g/mol. The number of aromatic nitrogens is 2. The number of nitrogens with two attached hydrogens (primary N) is 1. The van der Waals surface area contributed by atoms with Gasteiger partial charge in [-0.3, -0.25) is 14.8 Å². The lowest BCUT2D eigenvalue weighted by Gasteiger charge is -2.10. The largest absolute Gasteiger partial charge is 0.505 e. The van der Waals surface area contributed by atoms with Crippen LogP contribution in [0.3, 0.4) is 0 Å². The van der Waals surface area contributed by atoms with Crippen LogP contribution in [-0.4, -0.2) is 21.0 Å². The minimum Gasteiger partial charge on any atom is -0.505 e. The van der Waals surface area contributed by atoms with E-state index in [9.17, 15) is 9.90 Å². The molecule has 0 saturated carbocycles. The number of carbonyl (C=O) groups is 1. The zero-order valence-electron chi connectivity index (χ0n) is 10.9. The third kappa shape index (κ3) is 2.34. The summed E-state index contributed by atoms with van der Waals surface area (Å²) in [5.41, 5.74) is 7.75. The van der Waals surface area contributed by atoms with Crippen molar-refractivity contribution >= 4 is 28.2 Å². The smallest absolute Gasteiger partial charge is 0.259 e. The first-order chi connectivity index (χ1) is 10.2. The predicted molar refractivity (Wildman–Crippen MR) is 80.0 cm³/mol. The van der Waals surface area contributed by atoms with Gasteiger partial charge in [-0.15, -0.1) is 0 Å². The molecule has 0 aliphatic rings. The second kappa shape index (κ2) is 5.09. The van der Waals surface area contributed by atoms with Crippen LogP contribution in [0.25, 0.3) is 10.9 Å². The molecular formula is C15H12N4O2. The number of amides is 1. The third-order valence-electron chi connectivity index (χ3n) is 3.09. The molecule has 0 saturated heterocycles. The lowest BCUT2D eigenvalue weighted by Crippen LogP contribution is -2.12. The van der Waals surface area contributed by atoms with Gasteiger partial charge in [0.05, 0.1) is 28.7 Å². The monoisotopic (exact) mass is 280 g/mol. The Morgan fingerprint density at radius 2 is 2.05 bits per heavy atom. The molecule has 1 aromatic carbocycles. The molecule has 0 aliphatic heterocycles. The Kier molecular flexibility index (Phi) is 3.12. The van der Waals surface area contributed by atoms with Crippen molar-refractivity contribution in [3.8, 4) is 5.75 Å². The van der Waals surface area contributed by atoms with Gasteiger partial charge in [-0.1, -0.05) is 0 Å². The van der Waals surface area contributed by atoms with Crippen LogP contribution >= 0.6 is 0 Å². The fraction of sp³-hybridized carbons (Fsp3) is 0. The van der Waals surface area contributed by atoms with E-state index in [1.54, 1.807) is 24.4 Å². The van der Waals surface area contributed by atoms with Gasteiger partial charge in [0.2, 0.25) is 0 Å². The average Bonchev–Trinajstić information content (AvgIpc) is 2.51. The summed E-state index contributed by atoms with van der Waals surface area (Å²) in [5.74, 6) is -0.599. The fourth-order valence-corrected chi connectivity index (χ4v) is 2.07.